The number of nitrogens with zero attached hydrogens (tertiary/aromatic N) is 3. The van der Waals surface area contributed by atoms with Crippen LogP contribution in [0.15, 0.2) is 60.3 Å². The van der Waals surface area contributed by atoms with Gasteiger partial charge >= 0.3 is 0 Å². The van der Waals surface area contributed by atoms with Crippen molar-refractivity contribution in [1.29, 1.82) is 0 Å². The second-order valence-corrected chi connectivity index (χ2v) is 7.58. The molecule has 0 unspecified atom stereocenters. The third-order valence-electron chi connectivity index (χ3n) is 4.07. The van der Waals surface area contributed by atoms with E-state index in [1.807, 2.05) is 0 Å². The summed E-state index contributed by atoms with van der Waals surface area (Å²) in [5.41, 5.74) is 0.672. The molecule has 7 nitrogen and oxygen atoms in total. The van der Waals surface area contributed by atoms with Gasteiger partial charge in [0.25, 0.3) is 0 Å². The number of hydrogen-bond acceptors (Lipinski definition) is 6. The highest BCUT2D eigenvalue weighted by atomic mass is 35.5. The minimum absolute atomic E-state index is 0.0239. The first-order chi connectivity index (χ1) is 15.0. The van der Waals surface area contributed by atoms with Crippen molar-refractivity contribution in [2.24, 2.45) is 0 Å². The number of thioether (sulfide) groups is 1. The lowest BCUT2D eigenvalue weighted by Gasteiger charge is -2.10. The maximum atomic E-state index is 13.3. The number of rotatable bonds is 10. The van der Waals surface area contributed by atoms with E-state index in [0.29, 0.717) is 34.7 Å². The van der Waals surface area contributed by atoms with Gasteiger partial charge in [-0.3, -0.25) is 9.36 Å². The summed E-state index contributed by atoms with van der Waals surface area (Å²) in [5.74, 6) is 1.11. The summed E-state index contributed by atoms with van der Waals surface area (Å²) in [7, 11) is 1.58. The Labute approximate surface area is 188 Å². The van der Waals surface area contributed by atoms with E-state index in [9.17, 15) is 9.18 Å². The minimum Gasteiger partial charge on any atom is -0.497 e. The Morgan fingerprint density at radius 3 is 2.68 bits per heavy atom. The summed E-state index contributed by atoms with van der Waals surface area (Å²) in [4.78, 5) is 12.3. The summed E-state index contributed by atoms with van der Waals surface area (Å²) in [6.45, 7) is 4.29. The van der Waals surface area contributed by atoms with Crippen molar-refractivity contribution in [1.82, 2.24) is 14.8 Å². The number of methoxy groups -OCH3 is 1. The first-order valence-corrected chi connectivity index (χ1v) is 10.5. The van der Waals surface area contributed by atoms with Crippen LogP contribution in [0, 0.1) is 5.82 Å². The fraction of sp³-hybridized carbons (Fsp3) is 0.190. The van der Waals surface area contributed by atoms with E-state index in [0.717, 1.165) is 0 Å². The van der Waals surface area contributed by atoms with Crippen LogP contribution in [-0.4, -0.2) is 33.5 Å². The van der Waals surface area contributed by atoms with E-state index in [4.69, 9.17) is 21.1 Å². The van der Waals surface area contributed by atoms with Gasteiger partial charge in [0.1, 0.15) is 23.9 Å². The number of amides is 1. The van der Waals surface area contributed by atoms with Crippen LogP contribution in [0.2, 0.25) is 5.02 Å². The SMILES string of the molecule is C=CCn1c(COc2ccc(F)c(Cl)c2)nnc1SCC(=O)Nc1ccc(OC)cc1. The van der Waals surface area contributed by atoms with E-state index in [-0.39, 0.29) is 23.3 Å². The van der Waals surface area contributed by atoms with Gasteiger partial charge < -0.3 is 14.8 Å². The second-order valence-electron chi connectivity index (χ2n) is 6.23. The van der Waals surface area contributed by atoms with Gasteiger partial charge in [-0.25, -0.2) is 4.39 Å². The van der Waals surface area contributed by atoms with Gasteiger partial charge in [0, 0.05) is 18.3 Å². The molecular weight excluding hydrogens is 443 g/mol. The molecule has 0 spiro atoms. The van der Waals surface area contributed by atoms with E-state index in [1.165, 1.54) is 30.0 Å². The highest BCUT2D eigenvalue weighted by Gasteiger charge is 2.14. The first kappa shape index (κ1) is 22.6. The van der Waals surface area contributed by atoms with Gasteiger partial charge in [0.15, 0.2) is 11.0 Å². The minimum atomic E-state index is -0.518. The smallest absolute Gasteiger partial charge is 0.234 e. The van der Waals surface area contributed by atoms with Crippen LogP contribution in [0.5, 0.6) is 11.5 Å². The predicted molar refractivity (Wildman–Crippen MR) is 118 cm³/mol. The molecule has 0 saturated carbocycles. The van der Waals surface area contributed by atoms with Gasteiger partial charge in [0.2, 0.25) is 5.91 Å². The standard InChI is InChI=1S/C21H20ClFN4O3S/c1-3-10-27-19(12-30-16-8-9-18(23)17(22)11-16)25-26-21(27)31-13-20(28)24-14-4-6-15(29-2)7-5-14/h3-9,11H,1,10,12-13H2,2H3,(H,24,28). The number of carbonyl (C=O) groups excluding carboxylic acids is 1. The van der Waals surface area contributed by atoms with Crippen molar-refractivity contribution in [3.8, 4) is 11.5 Å². The van der Waals surface area contributed by atoms with Crippen LogP contribution in [-0.2, 0) is 17.9 Å². The molecule has 1 heterocycles. The van der Waals surface area contributed by atoms with Gasteiger partial charge in [-0.15, -0.1) is 16.8 Å². The average molecular weight is 463 g/mol. The van der Waals surface area contributed by atoms with Crippen LogP contribution in [0.1, 0.15) is 5.82 Å². The number of allylic oxidation sites excluding steroid dienone is 1. The van der Waals surface area contributed by atoms with Crippen molar-refractivity contribution in [3.63, 3.8) is 0 Å². The van der Waals surface area contributed by atoms with Crippen molar-refractivity contribution in [2.75, 3.05) is 18.2 Å². The number of nitrogens with one attached hydrogen (secondary N) is 1. The van der Waals surface area contributed by atoms with Gasteiger partial charge in [-0.05, 0) is 36.4 Å². The molecule has 0 bridgehead atoms. The Kier molecular flexibility index (Phi) is 7.91. The van der Waals surface area contributed by atoms with E-state index in [1.54, 1.807) is 42.0 Å². The van der Waals surface area contributed by atoms with Crippen LogP contribution >= 0.6 is 23.4 Å². The number of ether oxygens (including phenoxy) is 2. The normalized spacial score (nSPS) is 10.5. The van der Waals surface area contributed by atoms with Crippen LogP contribution in [0.25, 0.3) is 0 Å². The van der Waals surface area contributed by atoms with Crippen molar-refractivity contribution < 1.29 is 18.7 Å². The molecule has 0 aliphatic rings. The third kappa shape index (κ3) is 6.22. The molecule has 3 aromatic rings. The molecule has 0 fully saturated rings. The molecule has 0 radical (unpaired) electrons. The molecule has 3 rings (SSSR count). The summed E-state index contributed by atoms with van der Waals surface area (Å²) in [5, 5.41) is 11.6. The molecule has 0 aliphatic carbocycles. The van der Waals surface area contributed by atoms with E-state index < -0.39 is 5.82 Å². The Morgan fingerprint density at radius 2 is 2.00 bits per heavy atom. The molecule has 1 aromatic heterocycles. The van der Waals surface area contributed by atoms with Crippen LogP contribution in [0.3, 0.4) is 0 Å². The molecule has 162 valence electrons. The number of anilines is 1. The summed E-state index contributed by atoms with van der Waals surface area (Å²) >= 11 is 7.02. The fourth-order valence-electron chi connectivity index (χ4n) is 2.56. The molecule has 31 heavy (non-hydrogen) atoms. The average Bonchev–Trinajstić information content (AvgIpc) is 3.15. The molecule has 1 N–H and O–H groups in total. The highest BCUT2D eigenvalue weighted by molar-refractivity contribution is 7.99. The number of aromatic nitrogens is 3. The molecule has 0 atom stereocenters. The Balaban J connectivity index is 1.60. The summed E-state index contributed by atoms with van der Waals surface area (Å²) < 4.78 is 25.8. The Hall–Kier alpha value is -3.04. The zero-order valence-corrected chi connectivity index (χ0v) is 18.3. The number of benzene rings is 2. The Bertz CT molecular complexity index is 1060. The number of halogens is 2. The number of carbonyl (C=O) groups is 1. The predicted octanol–water partition coefficient (Wildman–Crippen LogP) is 4.58. The van der Waals surface area contributed by atoms with Crippen molar-refractivity contribution in [3.05, 3.63) is 71.8 Å². The molecule has 2 aromatic carbocycles. The zero-order valence-electron chi connectivity index (χ0n) is 16.7. The maximum absolute atomic E-state index is 13.3. The van der Waals surface area contributed by atoms with E-state index >= 15 is 0 Å². The topological polar surface area (TPSA) is 78.3 Å². The van der Waals surface area contributed by atoms with Crippen molar-refractivity contribution in [2.45, 2.75) is 18.3 Å². The highest BCUT2D eigenvalue weighted by Crippen LogP contribution is 2.23. The molecule has 0 aliphatic heterocycles. The monoisotopic (exact) mass is 462 g/mol. The quantitative estimate of drug-likeness (QED) is 0.351. The maximum Gasteiger partial charge on any atom is 0.234 e. The molecular formula is C21H20ClFN4O3S. The third-order valence-corrected chi connectivity index (χ3v) is 5.33. The first-order valence-electron chi connectivity index (χ1n) is 9.17. The molecule has 0 saturated heterocycles. The van der Waals surface area contributed by atoms with Crippen LogP contribution in [0.4, 0.5) is 10.1 Å². The summed E-state index contributed by atoms with van der Waals surface area (Å²) in [6, 6.07) is 11.2. The van der Waals surface area contributed by atoms with Gasteiger partial charge in [-0.1, -0.05) is 29.4 Å². The summed E-state index contributed by atoms with van der Waals surface area (Å²) in [6.07, 6.45) is 1.70. The zero-order chi connectivity index (χ0) is 22.2. The van der Waals surface area contributed by atoms with Crippen LogP contribution < -0.4 is 14.8 Å². The number of hydrogen-bond donors (Lipinski definition) is 1. The van der Waals surface area contributed by atoms with E-state index in [2.05, 4.69) is 22.1 Å². The second kappa shape index (κ2) is 10.8. The van der Waals surface area contributed by atoms with Gasteiger partial charge in [-0.2, -0.15) is 0 Å². The molecule has 10 heteroatoms. The molecule has 1 amide bonds. The lowest BCUT2D eigenvalue weighted by Crippen LogP contribution is -2.15. The Morgan fingerprint density at radius 1 is 1.26 bits per heavy atom. The van der Waals surface area contributed by atoms with Crippen molar-refractivity contribution >= 4 is 35.0 Å². The lowest BCUT2D eigenvalue weighted by molar-refractivity contribution is -0.113. The van der Waals surface area contributed by atoms with Gasteiger partial charge in [0.05, 0.1) is 17.9 Å². The lowest BCUT2D eigenvalue weighted by atomic mass is 10.3. The largest absolute Gasteiger partial charge is 0.497 e. The fourth-order valence-corrected chi connectivity index (χ4v) is 3.50.